The molecule has 3 aromatic carbocycles. The Kier molecular flexibility index (Phi) is 6.25. The normalized spacial score (nSPS) is 15.1. The van der Waals surface area contributed by atoms with Crippen LogP contribution in [0.3, 0.4) is 0 Å². The maximum Gasteiger partial charge on any atom is 0.264 e. The molecule has 7 nitrogen and oxygen atoms in total. The number of para-hydroxylation sites is 2. The highest BCUT2D eigenvalue weighted by Crippen LogP contribution is 2.30. The Morgan fingerprint density at radius 3 is 2.59 bits per heavy atom. The van der Waals surface area contributed by atoms with Gasteiger partial charge in [0.25, 0.3) is 15.9 Å². The molecule has 1 atom stereocenters. The minimum absolute atomic E-state index is 0.00111. The second-order valence-corrected chi connectivity index (χ2v) is 9.59. The second kappa shape index (κ2) is 9.10. The van der Waals surface area contributed by atoms with E-state index in [0.29, 0.717) is 28.8 Å². The maximum atomic E-state index is 13.1. The predicted molar refractivity (Wildman–Crippen MR) is 122 cm³/mol. The van der Waals surface area contributed by atoms with Gasteiger partial charge in [-0.2, -0.15) is 0 Å². The Hall–Kier alpha value is -3.23. The summed E-state index contributed by atoms with van der Waals surface area (Å²) in [4.78, 5) is 12.7. The van der Waals surface area contributed by atoms with Gasteiger partial charge in [-0.25, -0.2) is 8.42 Å². The first-order chi connectivity index (χ1) is 15.3. The molecule has 3 aromatic rings. The number of halogens is 1. The maximum absolute atomic E-state index is 13.1. The Labute approximate surface area is 191 Å². The molecule has 9 heteroatoms. The topological polar surface area (TPSA) is 84.9 Å². The molecule has 166 valence electrons. The van der Waals surface area contributed by atoms with Crippen molar-refractivity contribution in [3.63, 3.8) is 0 Å². The standard InChI is InChI=1S/C23H21ClN2O5S/c1-26(18-8-5-7-17(24)13-18)32(28,29)20-9-4-6-16(12-20)23(27)25-14-19-15-30-21-10-2-3-11-22(21)31-19/h2-13,19H,14-15H2,1H3,(H,25,27)/t19-/m1/s1. The molecule has 32 heavy (non-hydrogen) atoms. The molecule has 0 spiro atoms. The summed E-state index contributed by atoms with van der Waals surface area (Å²) in [6, 6.07) is 19.7. The number of hydrogen-bond acceptors (Lipinski definition) is 5. The van der Waals surface area contributed by atoms with Crippen molar-refractivity contribution in [1.29, 1.82) is 0 Å². The van der Waals surface area contributed by atoms with Crippen LogP contribution >= 0.6 is 11.6 Å². The fourth-order valence-corrected chi connectivity index (χ4v) is 4.66. The Bertz CT molecular complexity index is 1250. The average molecular weight is 473 g/mol. The lowest BCUT2D eigenvalue weighted by molar-refractivity contribution is 0.0789. The summed E-state index contributed by atoms with van der Waals surface area (Å²) in [5.41, 5.74) is 0.643. The number of carbonyl (C=O) groups excluding carboxylic acids is 1. The number of benzene rings is 3. The van der Waals surface area contributed by atoms with E-state index in [0.717, 1.165) is 4.31 Å². The van der Waals surface area contributed by atoms with Crippen LogP contribution in [0.4, 0.5) is 5.69 Å². The monoisotopic (exact) mass is 472 g/mol. The summed E-state index contributed by atoms with van der Waals surface area (Å²) in [6.07, 6.45) is -0.352. The molecule has 1 aliphatic heterocycles. The number of hydrogen-bond donors (Lipinski definition) is 1. The molecule has 0 bridgehead atoms. The van der Waals surface area contributed by atoms with Crippen LogP contribution in [-0.4, -0.2) is 40.6 Å². The van der Waals surface area contributed by atoms with Gasteiger partial charge in [0.05, 0.1) is 17.1 Å². The molecule has 0 aromatic heterocycles. The van der Waals surface area contributed by atoms with Gasteiger partial charge in [0.2, 0.25) is 0 Å². The molecule has 1 N–H and O–H groups in total. The van der Waals surface area contributed by atoms with Gasteiger partial charge in [-0.1, -0.05) is 35.9 Å². The van der Waals surface area contributed by atoms with E-state index in [1.54, 1.807) is 36.4 Å². The van der Waals surface area contributed by atoms with Gasteiger partial charge in [0, 0.05) is 17.6 Å². The van der Waals surface area contributed by atoms with E-state index in [1.165, 1.54) is 25.2 Å². The fourth-order valence-electron chi connectivity index (χ4n) is 3.24. The van der Waals surface area contributed by atoms with Crippen molar-refractivity contribution >= 4 is 33.2 Å². The van der Waals surface area contributed by atoms with Gasteiger partial charge in [-0.05, 0) is 48.5 Å². The number of amides is 1. The van der Waals surface area contributed by atoms with Crippen LogP contribution in [0.2, 0.25) is 5.02 Å². The number of nitrogens with zero attached hydrogens (tertiary/aromatic N) is 1. The summed E-state index contributed by atoms with van der Waals surface area (Å²) >= 11 is 5.99. The molecule has 1 aliphatic rings. The highest BCUT2D eigenvalue weighted by molar-refractivity contribution is 7.92. The molecule has 1 amide bonds. The zero-order chi connectivity index (χ0) is 22.7. The van der Waals surface area contributed by atoms with Crippen LogP contribution in [0, 0.1) is 0 Å². The van der Waals surface area contributed by atoms with E-state index in [-0.39, 0.29) is 23.1 Å². The molecular formula is C23H21ClN2O5S. The summed E-state index contributed by atoms with van der Waals surface area (Å²) in [5, 5.41) is 3.20. The molecule has 4 rings (SSSR count). The minimum atomic E-state index is -3.88. The van der Waals surface area contributed by atoms with Crippen molar-refractivity contribution < 1.29 is 22.7 Å². The van der Waals surface area contributed by atoms with Crippen molar-refractivity contribution in [3.8, 4) is 11.5 Å². The zero-order valence-electron chi connectivity index (χ0n) is 17.2. The summed E-state index contributed by atoms with van der Waals surface area (Å²) in [7, 11) is -2.45. The molecule has 0 saturated heterocycles. The van der Waals surface area contributed by atoms with Gasteiger partial charge < -0.3 is 14.8 Å². The lowest BCUT2D eigenvalue weighted by atomic mass is 10.2. The number of rotatable bonds is 6. The summed E-state index contributed by atoms with van der Waals surface area (Å²) in [6.45, 7) is 0.517. The fraction of sp³-hybridized carbons (Fsp3) is 0.174. The van der Waals surface area contributed by atoms with Crippen molar-refractivity contribution in [3.05, 3.63) is 83.4 Å². The van der Waals surface area contributed by atoms with E-state index < -0.39 is 15.9 Å². The lowest BCUT2D eigenvalue weighted by Gasteiger charge is -2.26. The highest BCUT2D eigenvalue weighted by atomic mass is 35.5. The third-order valence-corrected chi connectivity index (χ3v) is 7.00. The second-order valence-electron chi connectivity index (χ2n) is 7.19. The van der Waals surface area contributed by atoms with Crippen LogP contribution in [0.1, 0.15) is 10.4 Å². The quantitative estimate of drug-likeness (QED) is 0.590. The number of fused-ring (bicyclic) bond motifs is 1. The third kappa shape index (κ3) is 4.66. The largest absolute Gasteiger partial charge is 0.486 e. The van der Waals surface area contributed by atoms with Gasteiger partial charge in [0.15, 0.2) is 11.5 Å². The molecule has 0 aliphatic carbocycles. The van der Waals surface area contributed by atoms with Gasteiger partial charge in [-0.3, -0.25) is 9.10 Å². The number of nitrogens with one attached hydrogen (secondary N) is 1. The van der Waals surface area contributed by atoms with E-state index in [9.17, 15) is 13.2 Å². The molecule has 0 saturated carbocycles. The summed E-state index contributed by atoms with van der Waals surface area (Å²) < 4.78 is 38.7. The molecular weight excluding hydrogens is 452 g/mol. The Morgan fingerprint density at radius 1 is 1.06 bits per heavy atom. The van der Waals surface area contributed by atoms with Gasteiger partial charge >= 0.3 is 0 Å². The minimum Gasteiger partial charge on any atom is -0.486 e. The number of ether oxygens (including phenoxy) is 2. The smallest absolute Gasteiger partial charge is 0.264 e. The first-order valence-corrected chi connectivity index (χ1v) is 11.7. The van der Waals surface area contributed by atoms with E-state index in [4.69, 9.17) is 21.1 Å². The van der Waals surface area contributed by atoms with Gasteiger partial charge in [-0.15, -0.1) is 0 Å². The van der Waals surface area contributed by atoms with E-state index >= 15 is 0 Å². The van der Waals surface area contributed by atoms with Crippen LogP contribution in [0.25, 0.3) is 0 Å². The summed E-state index contributed by atoms with van der Waals surface area (Å²) in [5.74, 6) is 0.877. The average Bonchev–Trinajstić information content (AvgIpc) is 2.82. The van der Waals surface area contributed by atoms with Crippen LogP contribution in [0.5, 0.6) is 11.5 Å². The number of sulfonamides is 1. The van der Waals surface area contributed by atoms with Crippen LogP contribution in [-0.2, 0) is 10.0 Å². The predicted octanol–water partition coefficient (Wildman–Crippen LogP) is 3.73. The Morgan fingerprint density at radius 2 is 1.81 bits per heavy atom. The van der Waals surface area contributed by atoms with E-state index in [2.05, 4.69) is 5.32 Å². The van der Waals surface area contributed by atoms with Crippen molar-refractivity contribution in [2.45, 2.75) is 11.0 Å². The highest BCUT2D eigenvalue weighted by Gasteiger charge is 2.24. The van der Waals surface area contributed by atoms with Crippen molar-refractivity contribution in [2.24, 2.45) is 0 Å². The third-order valence-electron chi connectivity index (χ3n) is 4.98. The van der Waals surface area contributed by atoms with Crippen molar-refractivity contribution in [2.75, 3.05) is 24.5 Å². The van der Waals surface area contributed by atoms with Gasteiger partial charge in [0.1, 0.15) is 12.7 Å². The van der Waals surface area contributed by atoms with Crippen LogP contribution < -0.4 is 19.1 Å². The number of anilines is 1. The first-order valence-electron chi connectivity index (χ1n) is 9.86. The molecule has 1 heterocycles. The molecule has 0 unspecified atom stereocenters. The zero-order valence-corrected chi connectivity index (χ0v) is 18.8. The first kappa shape index (κ1) is 22.0. The Balaban J connectivity index is 1.45. The number of carbonyl (C=O) groups is 1. The SMILES string of the molecule is CN(c1cccc(Cl)c1)S(=O)(=O)c1cccc(C(=O)NC[C@@H]2COc3ccccc3O2)c1. The molecule has 0 fully saturated rings. The molecule has 0 radical (unpaired) electrons. The van der Waals surface area contributed by atoms with E-state index in [1.807, 2.05) is 18.2 Å². The van der Waals surface area contributed by atoms with Crippen LogP contribution in [0.15, 0.2) is 77.7 Å². The lowest BCUT2D eigenvalue weighted by Crippen LogP contribution is -2.40. The van der Waals surface area contributed by atoms with Crippen molar-refractivity contribution in [1.82, 2.24) is 5.32 Å².